The Labute approximate surface area is 205 Å². The minimum atomic E-state index is -2.92. The van der Waals surface area contributed by atoms with Crippen molar-refractivity contribution in [3.8, 4) is 22.6 Å². The summed E-state index contributed by atoms with van der Waals surface area (Å²) in [6, 6.07) is 15.2. The van der Waals surface area contributed by atoms with Crippen molar-refractivity contribution in [2.24, 2.45) is 0 Å². The fraction of sp³-hybridized carbons (Fsp3) is 0.308. The Kier molecular flexibility index (Phi) is 6.79. The number of aromatic nitrogens is 2. The lowest BCUT2D eigenvalue weighted by molar-refractivity contribution is -0.0514. The number of fused-ring (bicyclic) bond motifs is 1. The summed E-state index contributed by atoms with van der Waals surface area (Å²) in [5.41, 5.74) is 2.64. The number of thiophene rings is 1. The first-order chi connectivity index (χ1) is 17.0. The second kappa shape index (κ2) is 10.1. The zero-order valence-corrected chi connectivity index (χ0v) is 20.0. The summed E-state index contributed by atoms with van der Waals surface area (Å²) in [4.78, 5) is 23.7. The number of alkyl halides is 2. The second-order valence-electron chi connectivity index (χ2n) is 8.44. The topological polar surface area (TPSA) is 67.5 Å². The molecule has 1 aliphatic rings. The van der Waals surface area contributed by atoms with Crippen LogP contribution in [-0.2, 0) is 13.1 Å². The van der Waals surface area contributed by atoms with Crippen LogP contribution in [-0.4, -0.2) is 34.1 Å². The van der Waals surface area contributed by atoms with E-state index in [1.54, 1.807) is 19.1 Å². The zero-order valence-electron chi connectivity index (χ0n) is 19.2. The Bertz CT molecular complexity index is 1370. The Hall–Kier alpha value is -3.30. The average molecular weight is 498 g/mol. The van der Waals surface area contributed by atoms with Crippen LogP contribution in [0.4, 0.5) is 8.78 Å². The molecule has 0 bridgehead atoms. The normalized spacial score (nSPS) is 13.6. The van der Waals surface area contributed by atoms with E-state index in [-0.39, 0.29) is 11.3 Å². The van der Waals surface area contributed by atoms with Crippen LogP contribution >= 0.6 is 11.3 Å². The molecule has 1 saturated carbocycles. The Morgan fingerprint density at radius 1 is 1.14 bits per heavy atom. The molecule has 1 fully saturated rings. The van der Waals surface area contributed by atoms with Gasteiger partial charge in [0.1, 0.15) is 10.7 Å². The molecule has 182 valence electrons. The van der Waals surface area contributed by atoms with Gasteiger partial charge in [0.25, 0.3) is 5.56 Å². The number of hydrogen-bond acceptors (Lipinski definition) is 6. The number of rotatable bonds is 10. The number of hydrogen-bond donors (Lipinski definition) is 1. The number of nitrogens with one attached hydrogen (secondary N) is 1. The summed E-state index contributed by atoms with van der Waals surface area (Å²) < 4.78 is 35.6. The fourth-order valence-corrected chi connectivity index (χ4v) is 5.16. The monoisotopic (exact) mass is 497 g/mol. The van der Waals surface area contributed by atoms with Crippen molar-refractivity contribution >= 4 is 21.6 Å². The van der Waals surface area contributed by atoms with Crippen molar-refractivity contribution in [3.63, 3.8) is 0 Å². The second-order valence-corrected chi connectivity index (χ2v) is 9.30. The molecule has 1 N–H and O–H groups in total. The predicted octanol–water partition coefficient (Wildman–Crippen LogP) is 5.82. The van der Waals surface area contributed by atoms with Crippen molar-refractivity contribution in [2.75, 3.05) is 6.61 Å². The zero-order chi connectivity index (χ0) is 24.4. The third-order valence-electron chi connectivity index (χ3n) is 5.90. The summed E-state index contributed by atoms with van der Waals surface area (Å²) in [7, 11) is 0. The van der Waals surface area contributed by atoms with Crippen LogP contribution in [0.15, 0.2) is 58.7 Å². The molecule has 0 unspecified atom stereocenters. The number of halogens is 2. The van der Waals surface area contributed by atoms with Crippen molar-refractivity contribution in [2.45, 2.75) is 45.5 Å². The van der Waals surface area contributed by atoms with E-state index in [0.717, 1.165) is 29.5 Å². The van der Waals surface area contributed by atoms with Gasteiger partial charge < -0.3 is 14.5 Å². The molecule has 2 heterocycles. The van der Waals surface area contributed by atoms with Gasteiger partial charge in [-0.3, -0.25) is 9.69 Å². The largest absolute Gasteiger partial charge is 0.490 e. The minimum Gasteiger partial charge on any atom is -0.490 e. The molecule has 1 aliphatic carbocycles. The molecule has 5 rings (SSSR count). The summed E-state index contributed by atoms with van der Waals surface area (Å²) in [5.74, 6) is 0.923. The molecule has 0 aliphatic heterocycles. The number of ether oxygens (including phenoxy) is 2. The van der Waals surface area contributed by atoms with E-state index >= 15 is 0 Å². The van der Waals surface area contributed by atoms with Crippen molar-refractivity contribution in [1.29, 1.82) is 0 Å². The van der Waals surface area contributed by atoms with Crippen LogP contribution in [0.2, 0.25) is 0 Å². The Balaban J connectivity index is 1.39. The molecular formula is C26H25F2N3O3S. The summed E-state index contributed by atoms with van der Waals surface area (Å²) in [6.07, 6.45) is 2.13. The number of nitrogens with zero attached hydrogens (tertiary/aromatic N) is 2. The third-order valence-corrected chi connectivity index (χ3v) is 6.78. The van der Waals surface area contributed by atoms with Crippen LogP contribution in [0.1, 0.15) is 31.2 Å². The molecule has 0 spiro atoms. The molecule has 0 amide bonds. The molecule has 6 nitrogen and oxygen atoms in total. The first-order valence-electron chi connectivity index (χ1n) is 11.5. The summed E-state index contributed by atoms with van der Waals surface area (Å²) >= 11 is 1.46. The predicted molar refractivity (Wildman–Crippen MR) is 132 cm³/mol. The lowest BCUT2D eigenvalue weighted by Gasteiger charge is -2.22. The first kappa shape index (κ1) is 23.4. The molecule has 0 atom stereocenters. The highest BCUT2D eigenvalue weighted by molar-refractivity contribution is 7.17. The molecule has 35 heavy (non-hydrogen) atoms. The van der Waals surface area contributed by atoms with Gasteiger partial charge in [-0.15, -0.1) is 11.3 Å². The maximum Gasteiger partial charge on any atom is 0.387 e. The van der Waals surface area contributed by atoms with Gasteiger partial charge >= 0.3 is 6.61 Å². The number of H-pyrrole nitrogens is 1. The molecular weight excluding hydrogens is 472 g/mol. The minimum absolute atomic E-state index is 0.0203. The molecule has 0 radical (unpaired) electrons. The molecule has 4 aromatic rings. The standard InChI is InChI=1S/C26H25F2N3O3S/c1-2-33-21-12-16(8-11-20(21)34-26(27)28)13-31(18-9-10-18)14-22-29-24(32)23-19(15-35-25(23)30-22)17-6-4-3-5-7-17/h3-8,11-12,15,18,26H,2,9-10,13-14H2,1H3,(H,29,30,32). The Morgan fingerprint density at radius 3 is 2.66 bits per heavy atom. The Morgan fingerprint density at radius 2 is 1.94 bits per heavy atom. The van der Waals surface area contributed by atoms with Gasteiger partial charge in [-0.1, -0.05) is 36.4 Å². The fourth-order valence-electron chi connectivity index (χ4n) is 4.19. The maximum absolute atomic E-state index is 13.0. The highest BCUT2D eigenvalue weighted by Crippen LogP contribution is 2.34. The quantitative estimate of drug-likeness (QED) is 0.299. The molecule has 0 saturated heterocycles. The van der Waals surface area contributed by atoms with Gasteiger partial charge in [0.15, 0.2) is 11.5 Å². The summed E-state index contributed by atoms with van der Waals surface area (Å²) in [5, 5.41) is 2.59. The maximum atomic E-state index is 13.0. The van der Waals surface area contributed by atoms with Gasteiger partial charge in [0, 0.05) is 23.5 Å². The van der Waals surface area contributed by atoms with Crippen LogP contribution in [0, 0.1) is 0 Å². The smallest absolute Gasteiger partial charge is 0.387 e. The average Bonchev–Trinajstić information content (AvgIpc) is 3.60. The summed E-state index contributed by atoms with van der Waals surface area (Å²) in [6.45, 7) is 0.267. The van der Waals surface area contributed by atoms with Crippen LogP contribution in [0.5, 0.6) is 11.5 Å². The van der Waals surface area contributed by atoms with Crippen molar-refractivity contribution in [3.05, 3.63) is 75.7 Å². The molecule has 2 aromatic heterocycles. The van der Waals surface area contributed by atoms with E-state index in [2.05, 4.69) is 14.6 Å². The number of benzene rings is 2. The van der Waals surface area contributed by atoms with E-state index in [1.807, 2.05) is 35.7 Å². The van der Waals surface area contributed by atoms with Gasteiger partial charge in [0.2, 0.25) is 0 Å². The lowest BCUT2D eigenvalue weighted by atomic mass is 10.1. The van der Waals surface area contributed by atoms with Crippen molar-refractivity contribution in [1.82, 2.24) is 14.9 Å². The highest BCUT2D eigenvalue weighted by atomic mass is 32.1. The van der Waals surface area contributed by atoms with Gasteiger partial charge in [0.05, 0.1) is 18.5 Å². The van der Waals surface area contributed by atoms with E-state index < -0.39 is 6.61 Å². The van der Waals surface area contributed by atoms with Gasteiger partial charge in [-0.25, -0.2) is 4.98 Å². The van der Waals surface area contributed by atoms with E-state index in [1.165, 1.54) is 17.4 Å². The third kappa shape index (κ3) is 5.36. The highest BCUT2D eigenvalue weighted by Gasteiger charge is 2.30. The molecule has 9 heteroatoms. The van der Waals surface area contributed by atoms with Crippen LogP contribution in [0.25, 0.3) is 21.3 Å². The number of aromatic amines is 1. The van der Waals surface area contributed by atoms with E-state index in [0.29, 0.717) is 47.5 Å². The lowest BCUT2D eigenvalue weighted by Crippen LogP contribution is -2.27. The van der Waals surface area contributed by atoms with Crippen LogP contribution < -0.4 is 15.0 Å². The van der Waals surface area contributed by atoms with Crippen molar-refractivity contribution < 1.29 is 18.3 Å². The van der Waals surface area contributed by atoms with Gasteiger partial charge in [-0.05, 0) is 43.0 Å². The first-order valence-corrected chi connectivity index (χ1v) is 12.4. The van der Waals surface area contributed by atoms with Gasteiger partial charge in [-0.2, -0.15) is 8.78 Å². The molecule has 2 aromatic carbocycles. The van der Waals surface area contributed by atoms with Crippen LogP contribution in [0.3, 0.4) is 0 Å². The van der Waals surface area contributed by atoms with E-state index in [4.69, 9.17) is 9.72 Å². The van der Waals surface area contributed by atoms with E-state index in [9.17, 15) is 13.6 Å². The SMILES string of the molecule is CCOc1cc(CN(Cc2nc3scc(-c4ccccc4)c3c(=O)[nH]2)C2CC2)ccc1OC(F)F.